The van der Waals surface area contributed by atoms with Gasteiger partial charge in [-0.05, 0) is 23.8 Å². The molecular weight excluding hydrogens is 314 g/mol. The summed E-state index contributed by atoms with van der Waals surface area (Å²) in [5.74, 6) is 0.244. The minimum absolute atomic E-state index is 0.0891. The van der Waals surface area contributed by atoms with E-state index in [9.17, 15) is 26.3 Å². The van der Waals surface area contributed by atoms with Gasteiger partial charge in [0.15, 0.2) is 5.82 Å². The van der Waals surface area contributed by atoms with Crippen LogP contribution in [-0.4, -0.2) is 15.0 Å². The molecular formula is C12H10F6N4. The fourth-order valence-electron chi connectivity index (χ4n) is 1.74. The smallest absolute Gasteiger partial charge is 0.363 e. The second-order valence-electron chi connectivity index (χ2n) is 4.55. The quantitative estimate of drug-likeness (QED) is 0.879. The van der Waals surface area contributed by atoms with E-state index in [2.05, 4.69) is 15.6 Å². The Kier molecular flexibility index (Phi) is 4.03. The maximum Gasteiger partial charge on any atom is 0.416 e. The van der Waals surface area contributed by atoms with Crippen LogP contribution in [0.5, 0.6) is 0 Å². The van der Waals surface area contributed by atoms with E-state index >= 15 is 0 Å². The highest BCUT2D eigenvalue weighted by Gasteiger charge is 2.36. The first-order valence-corrected chi connectivity index (χ1v) is 5.94. The van der Waals surface area contributed by atoms with Crippen molar-refractivity contribution < 1.29 is 26.3 Å². The largest absolute Gasteiger partial charge is 0.416 e. The molecule has 0 spiro atoms. The topological polar surface area (TPSA) is 42.7 Å². The van der Waals surface area contributed by atoms with Gasteiger partial charge in [-0.3, -0.25) is 4.68 Å². The minimum Gasteiger partial charge on any atom is -0.363 e. The van der Waals surface area contributed by atoms with Crippen molar-refractivity contribution in [3.05, 3.63) is 41.1 Å². The molecule has 0 saturated carbocycles. The molecule has 0 radical (unpaired) electrons. The maximum absolute atomic E-state index is 12.7. The van der Waals surface area contributed by atoms with Crippen LogP contribution in [0.4, 0.5) is 32.2 Å². The molecule has 0 saturated heterocycles. The fraction of sp³-hybridized carbons (Fsp3) is 0.333. The molecule has 1 aromatic carbocycles. The van der Waals surface area contributed by atoms with Crippen LogP contribution in [0.15, 0.2) is 24.4 Å². The van der Waals surface area contributed by atoms with Crippen LogP contribution in [-0.2, 0) is 25.9 Å². The van der Waals surface area contributed by atoms with Crippen molar-refractivity contribution in [2.24, 2.45) is 7.05 Å². The van der Waals surface area contributed by atoms with E-state index in [0.29, 0.717) is 12.1 Å². The Morgan fingerprint density at radius 2 is 1.55 bits per heavy atom. The molecule has 0 aliphatic rings. The van der Waals surface area contributed by atoms with Gasteiger partial charge >= 0.3 is 12.4 Å². The van der Waals surface area contributed by atoms with Crippen LogP contribution in [0.2, 0.25) is 0 Å². The second kappa shape index (κ2) is 5.50. The Bertz CT molecular complexity index is 626. The Labute approximate surface area is 120 Å². The summed E-state index contributed by atoms with van der Waals surface area (Å²) in [6.45, 7) is -0.244. The molecule has 22 heavy (non-hydrogen) atoms. The molecule has 0 amide bonds. The Morgan fingerprint density at radius 1 is 1.00 bits per heavy atom. The summed E-state index contributed by atoms with van der Waals surface area (Å²) in [6, 6.07) is 1.42. The molecule has 0 unspecified atom stereocenters. The Hall–Kier alpha value is -2.26. The summed E-state index contributed by atoms with van der Waals surface area (Å²) in [6.07, 6.45) is -8.27. The number of hydrogen-bond acceptors (Lipinski definition) is 3. The van der Waals surface area contributed by atoms with Crippen molar-refractivity contribution in [3.63, 3.8) is 0 Å². The first-order valence-electron chi connectivity index (χ1n) is 5.94. The Balaban J connectivity index is 2.29. The predicted molar refractivity (Wildman–Crippen MR) is 64.8 cm³/mol. The normalized spacial score (nSPS) is 12.5. The molecule has 2 rings (SSSR count). The summed E-state index contributed by atoms with van der Waals surface area (Å²) in [5.41, 5.74) is -2.86. The lowest BCUT2D eigenvalue weighted by atomic mass is 10.0. The van der Waals surface area contributed by atoms with E-state index in [1.807, 2.05) is 0 Å². The maximum atomic E-state index is 12.7. The number of aromatic nitrogens is 3. The van der Waals surface area contributed by atoms with Crippen molar-refractivity contribution in [1.29, 1.82) is 0 Å². The van der Waals surface area contributed by atoms with Crippen LogP contribution in [0, 0.1) is 0 Å². The zero-order valence-corrected chi connectivity index (χ0v) is 11.1. The van der Waals surface area contributed by atoms with Gasteiger partial charge in [0.1, 0.15) is 0 Å². The van der Waals surface area contributed by atoms with E-state index < -0.39 is 23.5 Å². The molecule has 10 heteroatoms. The van der Waals surface area contributed by atoms with E-state index in [0.717, 1.165) is 0 Å². The highest BCUT2D eigenvalue weighted by molar-refractivity contribution is 5.37. The third-order valence-electron chi connectivity index (χ3n) is 2.72. The molecule has 1 heterocycles. The fourth-order valence-corrected chi connectivity index (χ4v) is 1.74. The Morgan fingerprint density at radius 3 is 1.95 bits per heavy atom. The molecule has 2 aromatic rings. The number of nitrogens with zero attached hydrogens (tertiary/aromatic N) is 3. The molecule has 0 aliphatic heterocycles. The number of nitrogens with one attached hydrogen (secondary N) is 1. The van der Waals surface area contributed by atoms with Crippen molar-refractivity contribution >= 4 is 5.82 Å². The van der Waals surface area contributed by atoms with E-state index in [1.165, 1.54) is 10.9 Å². The number of rotatable bonds is 3. The first-order chi connectivity index (χ1) is 10.1. The van der Waals surface area contributed by atoms with Crippen LogP contribution in [0.1, 0.15) is 16.7 Å². The van der Waals surface area contributed by atoms with Crippen LogP contribution in [0.3, 0.4) is 0 Å². The zero-order chi connectivity index (χ0) is 16.5. The van der Waals surface area contributed by atoms with Crippen molar-refractivity contribution in [2.75, 3.05) is 5.32 Å². The van der Waals surface area contributed by atoms with Gasteiger partial charge < -0.3 is 5.32 Å². The molecule has 1 aromatic heterocycles. The lowest BCUT2D eigenvalue weighted by Gasteiger charge is -2.14. The predicted octanol–water partition coefficient (Wildman–Crippen LogP) is 3.46. The van der Waals surface area contributed by atoms with Gasteiger partial charge in [0.25, 0.3) is 0 Å². The standard InChI is InChI=1S/C12H10F6N4/c1-22-6-10(20-21-22)19-5-7-2-8(11(13,14)15)4-9(3-7)12(16,17)18/h2-4,6,19H,5H2,1H3. The van der Waals surface area contributed by atoms with Crippen molar-refractivity contribution in [3.8, 4) is 0 Å². The van der Waals surface area contributed by atoms with Gasteiger partial charge in [-0.1, -0.05) is 5.21 Å². The third-order valence-corrected chi connectivity index (χ3v) is 2.72. The molecule has 0 bridgehead atoms. The van der Waals surface area contributed by atoms with Crippen LogP contribution >= 0.6 is 0 Å². The number of halogens is 6. The third kappa shape index (κ3) is 3.89. The lowest BCUT2D eigenvalue weighted by Crippen LogP contribution is -2.13. The zero-order valence-electron chi connectivity index (χ0n) is 11.1. The van der Waals surface area contributed by atoms with Gasteiger partial charge in [0.05, 0.1) is 17.3 Å². The molecule has 120 valence electrons. The summed E-state index contributed by atoms with van der Waals surface area (Å²) in [5, 5.41) is 9.83. The van der Waals surface area contributed by atoms with Crippen LogP contribution in [0.25, 0.3) is 0 Å². The average Bonchev–Trinajstić information content (AvgIpc) is 2.80. The van der Waals surface area contributed by atoms with E-state index in [4.69, 9.17) is 0 Å². The van der Waals surface area contributed by atoms with Gasteiger partial charge in [0, 0.05) is 13.6 Å². The number of benzene rings is 1. The molecule has 0 aliphatic carbocycles. The number of alkyl halides is 6. The van der Waals surface area contributed by atoms with E-state index in [-0.39, 0.29) is 24.0 Å². The first kappa shape index (κ1) is 16.1. The highest BCUT2D eigenvalue weighted by Crippen LogP contribution is 2.36. The molecule has 0 atom stereocenters. The molecule has 1 N–H and O–H groups in total. The van der Waals surface area contributed by atoms with Gasteiger partial charge in [-0.15, -0.1) is 5.10 Å². The van der Waals surface area contributed by atoms with Gasteiger partial charge in [-0.2, -0.15) is 26.3 Å². The summed E-state index contributed by atoms with van der Waals surface area (Å²) in [7, 11) is 1.57. The van der Waals surface area contributed by atoms with E-state index in [1.54, 1.807) is 7.05 Å². The molecule has 0 fully saturated rings. The van der Waals surface area contributed by atoms with Crippen LogP contribution < -0.4 is 5.32 Å². The lowest BCUT2D eigenvalue weighted by molar-refractivity contribution is -0.143. The molecule has 4 nitrogen and oxygen atoms in total. The SMILES string of the molecule is Cn1cc(NCc2cc(C(F)(F)F)cc(C(F)(F)F)c2)nn1. The van der Waals surface area contributed by atoms with Gasteiger partial charge in [-0.25, -0.2) is 0 Å². The summed E-state index contributed by atoms with van der Waals surface area (Å²) in [4.78, 5) is 0. The summed E-state index contributed by atoms with van der Waals surface area (Å²) >= 11 is 0. The minimum atomic E-state index is -4.86. The average molecular weight is 324 g/mol. The number of hydrogen-bond donors (Lipinski definition) is 1. The number of aryl methyl sites for hydroxylation is 1. The van der Waals surface area contributed by atoms with Gasteiger partial charge in [0.2, 0.25) is 0 Å². The number of anilines is 1. The monoisotopic (exact) mass is 324 g/mol. The summed E-state index contributed by atoms with van der Waals surface area (Å²) < 4.78 is 77.5. The van der Waals surface area contributed by atoms with Crippen molar-refractivity contribution in [1.82, 2.24) is 15.0 Å². The van der Waals surface area contributed by atoms with Crippen molar-refractivity contribution in [2.45, 2.75) is 18.9 Å². The highest BCUT2D eigenvalue weighted by atomic mass is 19.4. The second-order valence-corrected chi connectivity index (χ2v) is 4.55.